The summed E-state index contributed by atoms with van der Waals surface area (Å²) in [4.78, 5) is 0. The van der Waals surface area contributed by atoms with Gasteiger partial charge in [0, 0.05) is 23.3 Å². The zero-order valence-electron chi connectivity index (χ0n) is 8.80. The van der Waals surface area contributed by atoms with Gasteiger partial charge in [-0.15, -0.1) is 0 Å². The Kier molecular flexibility index (Phi) is 3.49. The molecule has 3 heteroatoms. The maximum atomic E-state index is 6.09. The number of hydrogen-bond donors (Lipinski definition) is 2. The Hall–Kier alpha value is -0.730. The van der Waals surface area contributed by atoms with Crippen molar-refractivity contribution in [1.82, 2.24) is 0 Å². The number of nitrogens with two attached hydrogens (primary N) is 1. The highest BCUT2D eigenvalue weighted by Crippen LogP contribution is 2.25. The first-order chi connectivity index (χ1) is 7.29. The lowest BCUT2D eigenvalue weighted by Crippen LogP contribution is -2.14. The van der Waals surface area contributed by atoms with Gasteiger partial charge in [0.05, 0.1) is 0 Å². The predicted molar refractivity (Wildman–Crippen MR) is 65.2 cm³/mol. The number of rotatable bonds is 3. The molecule has 0 radical (unpaired) electrons. The molecule has 1 aliphatic carbocycles. The largest absolute Gasteiger partial charge is 0.382 e. The van der Waals surface area contributed by atoms with Gasteiger partial charge in [0.2, 0.25) is 0 Å². The summed E-state index contributed by atoms with van der Waals surface area (Å²) < 4.78 is 0. The number of nitrogens with one attached hydrogen (secondary N) is 1. The first kappa shape index (κ1) is 10.8. The molecule has 82 valence electrons. The molecule has 15 heavy (non-hydrogen) atoms. The molecule has 0 spiro atoms. The van der Waals surface area contributed by atoms with Crippen molar-refractivity contribution in [1.29, 1.82) is 0 Å². The van der Waals surface area contributed by atoms with Gasteiger partial charge in [-0.3, -0.25) is 0 Å². The van der Waals surface area contributed by atoms with Gasteiger partial charge in [0.25, 0.3) is 0 Å². The zero-order chi connectivity index (χ0) is 10.7. The minimum Gasteiger partial charge on any atom is -0.382 e. The summed E-state index contributed by atoms with van der Waals surface area (Å²) >= 11 is 6.09. The molecule has 1 aromatic carbocycles. The Morgan fingerprint density at radius 3 is 2.67 bits per heavy atom. The molecule has 0 heterocycles. The van der Waals surface area contributed by atoms with Crippen LogP contribution in [0.4, 0.5) is 5.69 Å². The smallest absolute Gasteiger partial charge is 0.0471 e. The molecule has 2 rings (SSSR count). The normalized spacial score (nSPS) is 16.9. The Labute approximate surface area is 95.8 Å². The van der Waals surface area contributed by atoms with E-state index in [9.17, 15) is 0 Å². The van der Waals surface area contributed by atoms with Crippen molar-refractivity contribution < 1.29 is 0 Å². The van der Waals surface area contributed by atoms with Crippen molar-refractivity contribution in [2.45, 2.75) is 38.3 Å². The maximum Gasteiger partial charge on any atom is 0.0471 e. The minimum atomic E-state index is 0.503. The number of benzene rings is 1. The van der Waals surface area contributed by atoms with Crippen molar-refractivity contribution in [3.05, 3.63) is 28.8 Å². The van der Waals surface area contributed by atoms with Crippen molar-refractivity contribution in [2.75, 3.05) is 5.32 Å². The quantitative estimate of drug-likeness (QED) is 0.828. The van der Waals surface area contributed by atoms with Crippen LogP contribution in [0.15, 0.2) is 18.2 Å². The molecule has 0 bridgehead atoms. The molecule has 1 saturated carbocycles. The third-order valence-electron chi connectivity index (χ3n) is 3.00. The van der Waals surface area contributed by atoms with Gasteiger partial charge >= 0.3 is 0 Å². The van der Waals surface area contributed by atoms with Gasteiger partial charge in [0.1, 0.15) is 0 Å². The summed E-state index contributed by atoms with van der Waals surface area (Å²) in [5.74, 6) is 0. The highest BCUT2D eigenvalue weighted by molar-refractivity contribution is 6.31. The van der Waals surface area contributed by atoms with Gasteiger partial charge in [-0.1, -0.05) is 30.5 Å². The van der Waals surface area contributed by atoms with Crippen molar-refractivity contribution in [3.8, 4) is 0 Å². The van der Waals surface area contributed by atoms with Gasteiger partial charge in [-0.05, 0) is 30.5 Å². The fourth-order valence-electron chi connectivity index (χ4n) is 2.11. The Balaban J connectivity index is 2.05. The summed E-state index contributed by atoms with van der Waals surface area (Å²) in [5, 5.41) is 4.27. The summed E-state index contributed by atoms with van der Waals surface area (Å²) in [7, 11) is 0. The standard InChI is InChI=1S/C12H17ClN2/c13-12-7-11(6-5-9(12)8-14)15-10-3-1-2-4-10/h5-7,10,15H,1-4,8,14H2. The monoisotopic (exact) mass is 224 g/mol. The predicted octanol–water partition coefficient (Wildman–Crippen LogP) is 3.15. The number of anilines is 1. The first-order valence-corrected chi connectivity index (χ1v) is 5.92. The maximum absolute atomic E-state index is 6.09. The molecule has 0 aromatic heterocycles. The van der Waals surface area contributed by atoms with E-state index in [4.69, 9.17) is 17.3 Å². The summed E-state index contributed by atoms with van der Waals surface area (Å²) in [6, 6.07) is 6.67. The SMILES string of the molecule is NCc1ccc(NC2CCCC2)cc1Cl. The van der Waals surface area contributed by atoms with E-state index in [1.54, 1.807) is 0 Å². The van der Waals surface area contributed by atoms with E-state index in [0.717, 1.165) is 16.3 Å². The highest BCUT2D eigenvalue weighted by Gasteiger charge is 2.14. The number of hydrogen-bond acceptors (Lipinski definition) is 2. The second kappa shape index (κ2) is 4.86. The second-order valence-electron chi connectivity index (χ2n) is 4.14. The molecule has 0 saturated heterocycles. The van der Waals surface area contributed by atoms with Crippen LogP contribution >= 0.6 is 11.6 Å². The van der Waals surface area contributed by atoms with Gasteiger partial charge < -0.3 is 11.1 Å². The van der Waals surface area contributed by atoms with Gasteiger partial charge in [0.15, 0.2) is 0 Å². The van der Waals surface area contributed by atoms with E-state index in [1.165, 1.54) is 25.7 Å². The molecule has 0 amide bonds. The van der Waals surface area contributed by atoms with Crippen LogP contribution in [-0.2, 0) is 6.54 Å². The molecule has 1 fully saturated rings. The van der Waals surface area contributed by atoms with Crippen molar-refractivity contribution >= 4 is 17.3 Å². The molecular formula is C12H17ClN2. The summed E-state index contributed by atoms with van der Waals surface area (Å²) in [6.45, 7) is 0.503. The van der Waals surface area contributed by atoms with E-state index in [0.29, 0.717) is 12.6 Å². The summed E-state index contributed by atoms with van der Waals surface area (Å²) in [6.07, 6.45) is 5.23. The van der Waals surface area contributed by atoms with Crippen LogP contribution in [0.1, 0.15) is 31.2 Å². The average molecular weight is 225 g/mol. The molecule has 3 N–H and O–H groups in total. The second-order valence-corrected chi connectivity index (χ2v) is 4.54. The van der Waals surface area contributed by atoms with Crippen LogP contribution in [-0.4, -0.2) is 6.04 Å². The minimum absolute atomic E-state index is 0.503. The van der Waals surface area contributed by atoms with Crippen LogP contribution in [0.25, 0.3) is 0 Å². The fraction of sp³-hybridized carbons (Fsp3) is 0.500. The van der Waals surface area contributed by atoms with Crippen LogP contribution in [0.5, 0.6) is 0 Å². The third kappa shape index (κ3) is 2.64. The Bertz CT molecular complexity index is 332. The van der Waals surface area contributed by atoms with E-state index in [1.807, 2.05) is 12.1 Å². The van der Waals surface area contributed by atoms with Crippen LogP contribution < -0.4 is 11.1 Å². The van der Waals surface area contributed by atoms with Gasteiger partial charge in [-0.2, -0.15) is 0 Å². The average Bonchev–Trinajstić information content (AvgIpc) is 2.71. The molecule has 2 nitrogen and oxygen atoms in total. The highest BCUT2D eigenvalue weighted by atomic mass is 35.5. The fourth-order valence-corrected chi connectivity index (χ4v) is 2.37. The Morgan fingerprint density at radius 1 is 1.33 bits per heavy atom. The molecule has 0 unspecified atom stereocenters. The molecule has 0 atom stereocenters. The lowest BCUT2D eigenvalue weighted by atomic mass is 10.2. The van der Waals surface area contributed by atoms with Crippen molar-refractivity contribution in [3.63, 3.8) is 0 Å². The lowest BCUT2D eigenvalue weighted by molar-refractivity contribution is 0.755. The van der Waals surface area contributed by atoms with Crippen LogP contribution in [0, 0.1) is 0 Å². The van der Waals surface area contributed by atoms with E-state index in [-0.39, 0.29) is 0 Å². The van der Waals surface area contributed by atoms with Gasteiger partial charge in [-0.25, -0.2) is 0 Å². The molecule has 0 aliphatic heterocycles. The molecular weight excluding hydrogens is 208 g/mol. The van der Waals surface area contributed by atoms with E-state index >= 15 is 0 Å². The number of halogens is 1. The Morgan fingerprint density at radius 2 is 2.07 bits per heavy atom. The molecule has 1 aliphatic rings. The summed E-state index contributed by atoms with van der Waals surface area (Å²) in [5.41, 5.74) is 7.68. The van der Waals surface area contributed by atoms with Crippen LogP contribution in [0.2, 0.25) is 5.02 Å². The third-order valence-corrected chi connectivity index (χ3v) is 3.35. The van der Waals surface area contributed by atoms with E-state index < -0.39 is 0 Å². The van der Waals surface area contributed by atoms with Crippen molar-refractivity contribution in [2.24, 2.45) is 5.73 Å². The first-order valence-electron chi connectivity index (χ1n) is 5.54. The van der Waals surface area contributed by atoms with Crippen LogP contribution in [0.3, 0.4) is 0 Å². The van der Waals surface area contributed by atoms with E-state index in [2.05, 4.69) is 11.4 Å². The zero-order valence-corrected chi connectivity index (χ0v) is 9.56. The topological polar surface area (TPSA) is 38.0 Å². The molecule has 1 aromatic rings. The lowest BCUT2D eigenvalue weighted by Gasteiger charge is -2.14.